The number of hydrogen-bond donors (Lipinski definition) is 0. The van der Waals surface area contributed by atoms with Crippen molar-refractivity contribution in [2.75, 3.05) is 31.4 Å². The molecule has 0 atom stereocenters. The Bertz CT molecular complexity index is 951. The molecular weight excluding hydrogens is 405 g/mol. The number of alkyl halides is 2. The molecule has 0 N–H and O–H groups in total. The Morgan fingerprint density at radius 3 is 2.26 bits per heavy atom. The Hall–Kier alpha value is -1.59. The van der Waals surface area contributed by atoms with Crippen LogP contribution in [0.4, 0.5) is 0 Å². The number of para-hydroxylation sites is 1. The van der Waals surface area contributed by atoms with E-state index >= 15 is 0 Å². The van der Waals surface area contributed by atoms with Crippen LogP contribution in [0.25, 0.3) is 16.6 Å². The van der Waals surface area contributed by atoms with Gasteiger partial charge in [-0.2, -0.15) is 0 Å². The SMILES string of the molecule is O=c1c2ccccc2nc(CCN(CCCl)CCCl)n1-c1ccc(Cl)cc1. The minimum atomic E-state index is -0.0841. The molecule has 0 aliphatic carbocycles. The van der Waals surface area contributed by atoms with E-state index in [-0.39, 0.29) is 5.56 Å². The Labute approximate surface area is 173 Å². The third-order valence-electron chi connectivity index (χ3n) is 4.38. The first-order valence-corrected chi connectivity index (χ1v) is 10.2. The van der Waals surface area contributed by atoms with Crippen molar-refractivity contribution in [1.29, 1.82) is 0 Å². The van der Waals surface area contributed by atoms with Crippen molar-refractivity contribution in [3.05, 3.63) is 69.7 Å². The minimum Gasteiger partial charge on any atom is -0.301 e. The molecule has 0 fully saturated rings. The van der Waals surface area contributed by atoms with Gasteiger partial charge in [0.25, 0.3) is 5.56 Å². The standard InChI is InChI=1S/C20H20Cl3N3O/c21-10-13-25(14-11-22)12-9-19-24-18-4-2-1-3-17(18)20(27)26(19)16-7-5-15(23)6-8-16/h1-8H,9-14H2. The zero-order valence-corrected chi connectivity index (χ0v) is 17.0. The molecule has 142 valence electrons. The highest BCUT2D eigenvalue weighted by Gasteiger charge is 2.14. The maximum atomic E-state index is 13.2. The molecule has 4 nitrogen and oxygen atoms in total. The van der Waals surface area contributed by atoms with Crippen molar-refractivity contribution in [3.8, 4) is 5.69 Å². The third-order valence-corrected chi connectivity index (χ3v) is 4.97. The van der Waals surface area contributed by atoms with Gasteiger partial charge in [-0.05, 0) is 36.4 Å². The van der Waals surface area contributed by atoms with E-state index in [9.17, 15) is 4.79 Å². The van der Waals surface area contributed by atoms with Crippen molar-refractivity contribution in [3.63, 3.8) is 0 Å². The zero-order chi connectivity index (χ0) is 19.2. The highest BCUT2D eigenvalue weighted by molar-refractivity contribution is 6.30. The van der Waals surface area contributed by atoms with E-state index in [4.69, 9.17) is 39.8 Å². The molecule has 0 radical (unpaired) electrons. The predicted octanol–water partition coefficient (Wildman–Crippen LogP) is 4.36. The van der Waals surface area contributed by atoms with Crippen LogP contribution in [-0.4, -0.2) is 45.8 Å². The molecule has 7 heteroatoms. The van der Waals surface area contributed by atoms with E-state index in [2.05, 4.69) is 4.90 Å². The summed E-state index contributed by atoms with van der Waals surface area (Å²) in [5, 5.41) is 1.21. The van der Waals surface area contributed by atoms with E-state index < -0.39 is 0 Å². The van der Waals surface area contributed by atoms with Crippen LogP contribution in [-0.2, 0) is 6.42 Å². The summed E-state index contributed by atoms with van der Waals surface area (Å²) in [5.41, 5.74) is 1.36. The van der Waals surface area contributed by atoms with Gasteiger partial charge in [0, 0.05) is 42.8 Å². The van der Waals surface area contributed by atoms with Crippen LogP contribution >= 0.6 is 34.8 Å². The van der Waals surface area contributed by atoms with Gasteiger partial charge in [-0.15, -0.1) is 23.2 Å². The molecule has 0 amide bonds. The summed E-state index contributed by atoms with van der Waals surface area (Å²) in [6.45, 7) is 2.21. The van der Waals surface area contributed by atoms with Gasteiger partial charge in [0.2, 0.25) is 0 Å². The van der Waals surface area contributed by atoms with Crippen molar-refractivity contribution in [2.24, 2.45) is 0 Å². The van der Waals surface area contributed by atoms with Gasteiger partial charge in [-0.25, -0.2) is 4.98 Å². The summed E-state index contributed by atoms with van der Waals surface area (Å²) in [6, 6.07) is 14.6. The van der Waals surface area contributed by atoms with Crippen molar-refractivity contribution in [1.82, 2.24) is 14.5 Å². The van der Waals surface area contributed by atoms with Crippen LogP contribution in [0.15, 0.2) is 53.3 Å². The first-order valence-electron chi connectivity index (χ1n) is 8.75. The summed E-state index contributed by atoms with van der Waals surface area (Å²) in [7, 11) is 0. The fraction of sp³-hybridized carbons (Fsp3) is 0.300. The van der Waals surface area contributed by atoms with Crippen LogP contribution < -0.4 is 5.56 Å². The molecule has 1 heterocycles. The average Bonchev–Trinajstić information content (AvgIpc) is 2.68. The van der Waals surface area contributed by atoms with Crippen LogP contribution in [0.1, 0.15) is 5.82 Å². The number of hydrogen-bond acceptors (Lipinski definition) is 3. The maximum Gasteiger partial charge on any atom is 0.265 e. The lowest BCUT2D eigenvalue weighted by atomic mass is 10.2. The second kappa shape index (κ2) is 9.56. The summed E-state index contributed by atoms with van der Waals surface area (Å²) < 4.78 is 1.66. The molecule has 0 spiro atoms. The third kappa shape index (κ3) is 4.82. The van der Waals surface area contributed by atoms with E-state index in [1.807, 2.05) is 30.3 Å². The van der Waals surface area contributed by atoms with Gasteiger partial charge in [0.05, 0.1) is 16.6 Å². The topological polar surface area (TPSA) is 38.1 Å². The highest BCUT2D eigenvalue weighted by Crippen LogP contribution is 2.16. The molecule has 0 aliphatic heterocycles. The highest BCUT2D eigenvalue weighted by atomic mass is 35.5. The fourth-order valence-electron chi connectivity index (χ4n) is 3.04. The predicted molar refractivity (Wildman–Crippen MR) is 114 cm³/mol. The molecule has 0 unspecified atom stereocenters. The molecule has 2 aromatic carbocycles. The second-order valence-electron chi connectivity index (χ2n) is 6.13. The lowest BCUT2D eigenvalue weighted by Gasteiger charge is -2.21. The largest absolute Gasteiger partial charge is 0.301 e. The van der Waals surface area contributed by atoms with Crippen molar-refractivity contribution >= 4 is 45.7 Å². The van der Waals surface area contributed by atoms with Gasteiger partial charge in [-0.1, -0.05) is 23.7 Å². The quantitative estimate of drug-likeness (QED) is 0.504. The lowest BCUT2D eigenvalue weighted by Crippen LogP contribution is -2.32. The van der Waals surface area contributed by atoms with Gasteiger partial charge < -0.3 is 4.90 Å². The van der Waals surface area contributed by atoms with E-state index in [1.54, 1.807) is 22.8 Å². The summed E-state index contributed by atoms with van der Waals surface area (Å²) in [4.78, 5) is 20.1. The Balaban J connectivity index is 2.05. The minimum absolute atomic E-state index is 0.0841. The molecule has 3 rings (SSSR count). The smallest absolute Gasteiger partial charge is 0.265 e. The molecule has 27 heavy (non-hydrogen) atoms. The lowest BCUT2D eigenvalue weighted by molar-refractivity contribution is 0.308. The number of rotatable bonds is 8. The molecule has 0 aliphatic rings. The fourth-order valence-corrected chi connectivity index (χ4v) is 3.64. The van der Waals surface area contributed by atoms with Crippen LogP contribution in [0.3, 0.4) is 0 Å². The average molecular weight is 425 g/mol. The zero-order valence-electron chi connectivity index (χ0n) is 14.7. The molecule has 1 aromatic heterocycles. The Morgan fingerprint density at radius 1 is 0.926 bits per heavy atom. The molecule has 0 saturated heterocycles. The summed E-state index contributed by atoms with van der Waals surface area (Å²) in [6.07, 6.45) is 0.608. The Morgan fingerprint density at radius 2 is 1.59 bits per heavy atom. The maximum absolute atomic E-state index is 13.2. The summed E-state index contributed by atoms with van der Waals surface area (Å²) >= 11 is 17.8. The van der Waals surface area contributed by atoms with Gasteiger partial charge in [0.15, 0.2) is 0 Å². The second-order valence-corrected chi connectivity index (χ2v) is 7.32. The number of halogens is 3. The van der Waals surface area contributed by atoms with E-state index in [0.29, 0.717) is 39.9 Å². The molecule has 3 aromatic rings. The van der Waals surface area contributed by atoms with Crippen LogP contribution in [0.2, 0.25) is 5.02 Å². The number of nitrogens with zero attached hydrogens (tertiary/aromatic N) is 3. The molecule has 0 bridgehead atoms. The summed E-state index contributed by atoms with van der Waals surface area (Å²) in [5.74, 6) is 1.77. The first-order chi connectivity index (χ1) is 13.1. The number of fused-ring (bicyclic) bond motifs is 1. The van der Waals surface area contributed by atoms with E-state index in [1.165, 1.54) is 0 Å². The number of benzene rings is 2. The van der Waals surface area contributed by atoms with Gasteiger partial charge in [-0.3, -0.25) is 9.36 Å². The van der Waals surface area contributed by atoms with Gasteiger partial charge in [0.1, 0.15) is 5.82 Å². The molecule has 0 saturated carbocycles. The number of aromatic nitrogens is 2. The normalized spacial score (nSPS) is 11.4. The van der Waals surface area contributed by atoms with Crippen LogP contribution in [0, 0.1) is 0 Å². The van der Waals surface area contributed by atoms with Crippen LogP contribution in [0.5, 0.6) is 0 Å². The first kappa shape index (κ1) is 20.2. The van der Waals surface area contributed by atoms with Crippen molar-refractivity contribution < 1.29 is 0 Å². The molecular formula is C20H20Cl3N3O. The van der Waals surface area contributed by atoms with Gasteiger partial charge >= 0.3 is 0 Å². The van der Waals surface area contributed by atoms with E-state index in [0.717, 1.165) is 25.3 Å². The monoisotopic (exact) mass is 423 g/mol. The Kier molecular flexibility index (Phi) is 7.13. The van der Waals surface area contributed by atoms with Crippen molar-refractivity contribution in [2.45, 2.75) is 6.42 Å².